The number of ether oxygens (including phenoxy) is 1. The summed E-state index contributed by atoms with van der Waals surface area (Å²) in [5, 5.41) is 3.08. The van der Waals surface area contributed by atoms with Crippen molar-refractivity contribution in [3.63, 3.8) is 0 Å². The van der Waals surface area contributed by atoms with E-state index in [0.29, 0.717) is 0 Å². The highest BCUT2D eigenvalue weighted by Gasteiger charge is 2.31. The number of nitrogens with zero attached hydrogens (tertiary/aromatic N) is 1. The fourth-order valence-corrected chi connectivity index (χ4v) is 2.88. The van der Waals surface area contributed by atoms with Crippen LogP contribution in [0, 0.1) is 5.92 Å². The van der Waals surface area contributed by atoms with Gasteiger partial charge in [-0.2, -0.15) is 0 Å². The highest BCUT2D eigenvalue weighted by molar-refractivity contribution is 5.79. The first-order chi connectivity index (χ1) is 9.67. The Labute approximate surface area is 121 Å². The third kappa shape index (κ3) is 3.12. The predicted octanol–water partition coefficient (Wildman–Crippen LogP) is 2.21. The number of carbonyl (C=O) groups excluding carboxylic acids is 1. The number of hydrogen-bond acceptors (Lipinski definition) is 3. The lowest BCUT2D eigenvalue weighted by atomic mass is 10.0. The van der Waals surface area contributed by atoms with Crippen LogP contribution in [-0.2, 0) is 4.79 Å². The quantitative estimate of drug-likeness (QED) is 0.896. The van der Waals surface area contributed by atoms with Crippen LogP contribution in [0.5, 0.6) is 5.75 Å². The Bertz CT molecular complexity index is 444. The summed E-state index contributed by atoms with van der Waals surface area (Å²) in [6, 6.07) is 8.28. The van der Waals surface area contributed by atoms with Gasteiger partial charge >= 0.3 is 0 Å². The van der Waals surface area contributed by atoms with Crippen LogP contribution >= 0.6 is 0 Å². The summed E-state index contributed by atoms with van der Waals surface area (Å²) in [5.74, 6) is 1.13. The van der Waals surface area contributed by atoms with E-state index in [1.54, 1.807) is 7.11 Å². The Morgan fingerprint density at radius 3 is 2.75 bits per heavy atom. The van der Waals surface area contributed by atoms with Crippen LogP contribution in [0.1, 0.15) is 31.4 Å². The molecule has 1 saturated heterocycles. The number of carbonyl (C=O) groups is 1. The molecule has 20 heavy (non-hydrogen) atoms. The molecule has 1 amide bonds. The topological polar surface area (TPSA) is 41.6 Å². The smallest absolute Gasteiger partial charge is 0.227 e. The highest BCUT2D eigenvalue weighted by atomic mass is 16.5. The van der Waals surface area contributed by atoms with Gasteiger partial charge in [-0.05, 0) is 37.6 Å². The van der Waals surface area contributed by atoms with E-state index in [4.69, 9.17) is 4.74 Å². The van der Waals surface area contributed by atoms with Crippen LogP contribution < -0.4 is 10.1 Å². The summed E-state index contributed by atoms with van der Waals surface area (Å²) in [7, 11) is 3.55. The van der Waals surface area contributed by atoms with E-state index in [1.807, 2.05) is 31.0 Å². The number of amides is 1. The van der Waals surface area contributed by atoms with Gasteiger partial charge in [-0.15, -0.1) is 0 Å². The molecule has 2 rings (SSSR count). The molecule has 1 aliphatic heterocycles. The van der Waals surface area contributed by atoms with Crippen LogP contribution in [-0.4, -0.2) is 38.1 Å². The summed E-state index contributed by atoms with van der Waals surface area (Å²) in [4.78, 5) is 14.5. The molecule has 0 bridgehead atoms. The zero-order valence-corrected chi connectivity index (χ0v) is 12.6. The fourth-order valence-electron chi connectivity index (χ4n) is 2.88. The molecule has 0 spiro atoms. The van der Waals surface area contributed by atoms with Crippen molar-refractivity contribution in [2.75, 3.05) is 27.2 Å². The molecule has 0 aliphatic carbocycles. The molecule has 1 heterocycles. The van der Waals surface area contributed by atoms with Gasteiger partial charge in [-0.25, -0.2) is 0 Å². The van der Waals surface area contributed by atoms with Crippen molar-refractivity contribution in [1.29, 1.82) is 0 Å². The summed E-state index contributed by atoms with van der Waals surface area (Å²) >= 11 is 0. The maximum absolute atomic E-state index is 12.5. The van der Waals surface area contributed by atoms with Crippen molar-refractivity contribution in [3.8, 4) is 5.75 Å². The first-order valence-electron chi connectivity index (χ1n) is 7.26. The third-order valence-electron chi connectivity index (χ3n) is 3.97. The molecule has 4 nitrogen and oxygen atoms in total. The van der Waals surface area contributed by atoms with E-state index in [2.05, 4.69) is 17.4 Å². The number of nitrogens with one attached hydrogen (secondary N) is 1. The minimum absolute atomic E-state index is 0.0267. The Balaban J connectivity index is 2.11. The van der Waals surface area contributed by atoms with Crippen molar-refractivity contribution in [1.82, 2.24) is 10.2 Å². The third-order valence-corrected chi connectivity index (χ3v) is 3.97. The van der Waals surface area contributed by atoms with Crippen LogP contribution in [0.3, 0.4) is 0 Å². The van der Waals surface area contributed by atoms with E-state index < -0.39 is 0 Å². The second kappa shape index (κ2) is 6.75. The van der Waals surface area contributed by atoms with Gasteiger partial charge in [0.25, 0.3) is 0 Å². The first-order valence-corrected chi connectivity index (χ1v) is 7.26. The van der Waals surface area contributed by atoms with E-state index >= 15 is 0 Å². The summed E-state index contributed by atoms with van der Waals surface area (Å²) in [6.07, 6.45) is 2.12. The maximum Gasteiger partial charge on any atom is 0.227 e. The monoisotopic (exact) mass is 276 g/mol. The molecule has 1 aromatic rings. The molecular formula is C16H24N2O2. The molecule has 1 aromatic carbocycles. The molecule has 110 valence electrons. The highest BCUT2D eigenvalue weighted by Crippen LogP contribution is 2.33. The second-order valence-electron chi connectivity index (χ2n) is 5.42. The summed E-state index contributed by atoms with van der Waals surface area (Å²) in [6.45, 7) is 3.58. The Morgan fingerprint density at radius 1 is 1.45 bits per heavy atom. The van der Waals surface area contributed by atoms with Crippen molar-refractivity contribution < 1.29 is 9.53 Å². The normalized spacial score (nSPS) is 19.9. The maximum atomic E-state index is 12.5. The molecule has 0 radical (unpaired) electrons. The van der Waals surface area contributed by atoms with Crippen molar-refractivity contribution >= 4 is 5.91 Å². The number of benzene rings is 1. The van der Waals surface area contributed by atoms with Gasteiger partial charge in [0, 0.05) is 19.0 Å². The van der Waals surface area contributed by atoms with Gasteiger partial charge in [0.1, 0.15) is 5.75 Å². The summed E-state index contributed by atoms with van der Waals surface area (Å²) < 4.78 is 5.19. The number of likely N-dealkylation sites (tertiary alicyclic amines) is 1. The zero-order valence-electron chi connectivity index (χ0n) is 12.6. The molecular weight excluding hydrogens is 252 g/mol. The molecule has 0 aromatic heterocycles. The molecule has 4 heteroatoms. The van der Waals surface area contributed by atoms with Gasteiger partial charge in [0.2, 0.25) is 5.91 Å². The Morgan fingerprint density at radius 2 is 2.15 bits per heavy atom. The first kappa shape index (κ1) is 14.9. The largest absolute Gasteiger partial charge is 0.497 e. The van der Waals surface area contributed by atoms with Gasteiger partial charge in [-0.1, -0.05) is 19.1 Å². The van der Waals surface area contributed by atoms with Crippen LogP contribution in [0.2, 0.25) is 0 Å². The fraction of sp³-hybridized carbons (Fsp3) is 0.562. The van der Waals surface area contributed by atoms with E-state index in [0.717, 1.165) is 31.7 Å². The van der Waals surface area contributed by atoms with E-state index in [-0.39, 0.29) is 17.9 Å². The molecule has 1 N–H and O–H groups in total. The van der Waals surface area contributed by atoms with Crippen molar-refractivity contribution in [3.05, 3.63) is 29.8 Å². The average Bonchev–Trinajstić information content (AvgIpc) is 2.96. The lowest BCUT2D eigenvalue weighted by Crippen LogP contribution is -2.38. The molecule has 1 fully saturated rings. The van der Waals surface area contributed by atoms with Gasteiger partial charge in [0.15, 0.2) is 0 Å². The molecule has 2 atom stereocenters. The van der Waals surface area contributed by atoms with E-state index in [9.17, 15) is 4.79 Å². The SMILES string of the molecule is CNCC(C)C(=O)N1CCCC1c1ccc(OC)cc1. The van der Waals surface area contributed by atoms with Crippen LogP contribution in [0.15, 0.2) is 24.3 Å². The van der Waals surface area contributed by atoms with Gasteiger partial charge < -0.3 is 15.0 Å². The lowest BCUT2D eigenvalue weighted by molar-refractivity contribution is -0.135. The average molecular weight is 276 g/mol. The van der Waals surface area contributed by atoms with Crippen LogP contribution in [0.4, 0.5) is 0 Å². The zero-order chi connectivity index (χ0) is 14.5. The lowest BCUT2D eigenvalue weighted by Gasteiger charge is -2.28. The van der Waals surface area contributed by atoms with E-state index in [1.165, 1.54) is 5.56 Å². The van der Waals surface area contributed by atoms with Gasteiger partial charge in [0.05, 0.1) is 13.2 Å². The second-order valence-corrected chi connectivity index (χ2v) is 5.42. The minimum Gasteiger partial charge on any atom is -0.497 e. The molecule has 0 saturated carbocycles. The summed E-state index contributed by atoms with van der Waals surface area (Å²) in [5.41, 5.74) is 1.20. The molecule has 2 unspecified atom stereocenters. The van der Waals surface area contributed by atoms with Crippen molar-refractivity contribution in [2.45, 2.75) is 25.8 Å². The predicted molar refractivity (Wildman–Crippen MR) is 79.8 cm³/mol. The minimum atomic E-state index is 0.0267. The number of methoxy groups -OCH3 is 1. The Hall–Kier alpha value is -1.55. The number of hydrogen-bond donors (Lipinski definition) is 1. The van der Waals surface area contributed by atoms with Crippen LogP contribution in [0.25, 0.3) is 0 Å². The van der Waals surface area contributed by atoms with Gasteiger partial charge in [-0.3, -0.25) is 4.79 Å². The van der Waals surface area contributed by atoms with Crippen molar-refractivity contribution in [2.24, 2.45) is 5.92 Å². The number of rotatable bonds is 5. The Kier molecular flexibility index (Phi) is 5.01. The molecule has 1 aliphatic rings. The standard InChI is InChI=1S/C16H24N2O2/c1-12(11-17-2)16(19)18-10-4-5-15(18)13-6-8-14(20-3)9-7-13/h6-9,12,15,17H,4-5,10-11H2,1-3H3.